The Bertz CT molecular complexity index is 952. The Morgan fingerprint density at radius 1 is 0.867 bits per heavy atom. The van der Waals surface area contributed by atoms with Gasteiger partial charge in [0.2, 0.25) is 5.95 Å². The van der Waals surface area contributed by atoms with Crippen molar-refractivity contribution in [3.8, 4) is 11.1 Å². The molecule has 0 spiro atoms. The molecule has 4 nitrogen and oxygen atoms in total. The smallest absolute Gasteiger partial charge is 0.388 e. The van der Waals surface area contributed by atoms with Crippen LogP contribution in [-0.2, 0) is 6.18 Å². The number of piperidine rings is 1. The van der Waals surface area contributed by atoms with E-state index in [9.17, 15) is 18.3 Å². The molecule has 1 fully saturated rings. The summed E-state index contributed by atoms with van der Waals surface area (Å²) < 4.78 is 38.2. The summed E-state index contributed by atoms with van der Waals surface area (Å²) in [5, 5.41) is 10.8. The van der Waals surface area contributed by atoms with Crippen molar-refractivity contribution in [2.24, 2.45) is 5.92 Å². The quantitative estimate of drug-likeness (QED) is 0.646. The molecule has 0 radical (unpaired) electrons. The Balaban J connectivity index is 1.39. The molecule has 3 aromatic rings. The molecule has 0 saturated carbocycles. The Labute approximate surface area is 173 Å². The van der Waals surface area contributed by atoms with Gasteiger partial charge in [-0.1, -0.05) is 36.4 Å². The summed E-state index contributed by atoms with van der Waals surface area (Å²) in [6, 6.07) is 14.3. The maximum atomic E-state index is 12.7. The molecule has 0 amide bonds. The fourth-order valence-corrected chi connectivity index (χ4v) is 3.87. The Morgan fingerprint density at radius 2 is 1.40 bits per heavy atom. The van der Waals surface area contributed by atoms with E-state index in [-0.39, 0.29) is 5.92 Å². The number of benzene rings is 2. The van der Waals surface area contributed by atoms with Crippen LogP contribution in [-0.4, -0.2) is 28.2 Å². The third kappa shape index (κ3) is 4.46. The van der Waals surface area contributed by atoms with Crippen LogP contribution in [0.2, 0.25) is 0 Å². The van der Waals surface area contributed by atoms with Crippen LogP contribution in [0.25, 0.3) is 11.1 Å². The first-order chi connectivity index (χ1) is 14.4. The molecule has 7 heteroatoms. The maximum Gasteiger partial charge on any atom is 0.416 e. The van der Waals surface area contributed by atoms with E-state index in [4.69, 9.17) is 0 Å². The van der Waals surface area contributed by atoms with Crippen molar-refractivity contribution in [1.82, 2.24) is 9.97 Å². The summed E-state index contributed by atoms with van der Waals surface area (Å²) in [6.45, 7) is 1.57. The van der Waals surface area contributed by atoms with E-state index < -0.39 is 17.8 Å². The van der Waals surface area contributed by atoms with Crippen molar-refractivity contribution in [2.45, 2.75) is 25.1 Å². The first-order valence-electron chi connectivity index (χ1n) is 9.89. The molecule has 2 aromatic carbocycles. The van der Waals surface area contributed by atoms with Gasteiger partial charge >= 0.3 is 6.18 Å². The fourth-order valence-electron chi connectivity index (χ4n) is 3.87. The Hall–Kier alpha value is -2.93. The van der Waals surface area contributed by atoms with Gasteiger partial charge in [0.15, 0.2) is 0 Å². The van der Waals surface area contributed by atoms with Gasteiger partial charge in [-0.3, -0.25) is 0 Å². The van der Waals surface area contributed by atoms with Crippen LogP contribution in [0.5, 0.6) is 0 Å². The van der Waals surface area contributed by atoms with Gasteiger partial charge in [0.1, 0.15) is 0 Å². The molecule has 1 aliphatic rings. The minimum Gasteiger partial charge on any atom is -0.388 e. The number of rotatable bonds is 4. The zero-order valence-corrected chi connectivity index (χ0v) is 16.3. The molecule has 0 bridgehead atoms. The van der Waals surface area contributed by atoms with Gasteiger partial charge in [-0.25, -0.2) is 9.97 Å². The maximum absolute atomic E-state index is 12.7. The second kappa shape index (κ2) is 8.44. The van der Waals surface area contributed by atoms with Gasteiger partial charge in [-0.15, -0.1) is 0 Å². The molecule has 0 aliphatic carbocycles. The normalized spacial score (nSPS) is 16.5. The van der Waals surface area contributed by atoms with Crippen LogP contribution >= 0.6 is 0 Å². The number of aromatic nitrogens is 2. The lowest BCUT2D eigenvalue weighted by molar-refractivity contribution is -0.137. The number of nitrogens with zero attached hydrogens (tertiary/aromatic N) is 3. The summed E-state index contributed by atoms with van der Waals surface area (Å²) in [5.41, 5.74) is 1.68. The van der Waals surface area contributed by atoms with Crippen molar-refractivity contribution >= 4 is 5.95 Å². The predicted octanol–water partition coefficient (Wildman–Crippen LogP) is 5.11. The van der Waals surface area contributed by atoms with Crippen molar-refractivity contribution < 1.29 is 18.3 Å². The van der Waals surface area contributed by atoms with Gasteiger partial charge in [0.05, 0.1) is 11.7 Å². The van der Waals surface area contributed by atoms with E-state index in [1.807, 2.05) is 24.3 Å². The Kier molecular flexibility index (Phi) is 5.72. The minimum atomic E-state index is -4.34. The number of aliphatic hydroxyl groups excluding tert-OH is 1. The van der Waals surface area contributed by atoms with Crippen LogP contribution in [0.1, 0.15) is 30.1 Å². The summed E-state index contributed by atoms with van der Waals surface area (Å²) in [6.07, 6.45) is 0.197. The molecule has 1 N–H and O–H groups in total. The van der Waals surface area contributed by atoms with Crippen LogP contribution in [0.4, 0.5) is 19.1 Å². The van der Waals surface area contributed by atoms with E-state index in [1.165, 1.54) is 12.1 Å². The van der Waals surface area contributed by atoms with Crippen LogP contribution in [0, 0.1) is 5.92 Å². The van der Waals surface area contributed by atoms with Crippen molar-refractivity contribution in [1.29, 1.82) is 0 Å². The molecule has 1 unspecified atom stereocenters. The summed E-state index contributed by atoms with van der Waals surface area (Å²) in [5.74, 6) is 0.855. The topological polar surface area (TPSA) is 49.2 Å². The molecule has 1 aliphatic heterocycles. The molecular formula is C23H22F3N3O. The minimum absolute atomic E-state index is 0.141. The van der Waals surface area contributed by atoms with Gasteiger partial charge in [-0.05, 0) is 53.6 Å². The van der Waals surface area contributed by atoms with E-state index in [0.29, 0.717) is 11.5 Å². The van der Waals surface area contributed by atoms with Crippen LogP contribution < -0.4 is 4.90 Å². The second-order valence-electron chi connectivity index (χ2n) is 7.52. The van der Waals surface area contributed by atoms with Gasteiger partial charge in [0, 0.05) is 25.5 Å². The molecule has 1 aromatic heterocycles. The van der Waals surface area contributed by atoms with Crippen LogP contribution in [0.3, 0.4) is 0 Å². The molecule has 4 rings (SSSR count). The monoisotopic (exact) mass is 413 g/mol. The lowest BCUT2D eigenvalue weighted by Crippen LogP contribution is -2.36. The van der Waals surface area contributed by atoms with Gasteiger partial charge in [-0.2, -0.15) is 13.2 Å². The number of hydrogen-bond acceptors (Lipinski definition) is 4. The van der Waals surface area contributed by atoms with Crippen molar-refractivity contribution in [3.05, 3.63) is 78.1 Å². The Morgan fingerprint density at radius 3 is 1.93 bits per heavy atom. The van der Waals surface area contributed by atoms with Crippen molar-refractivity contribution in [3.63, 3.8) is 0 Å². The summed E-state index contributed by atoms with van der Waals surface area (Å²) in [7, 11) is 0. The number of hydrogen-bond donors (Lipinski definition) is 1. The van der Waals surface area contributed by atoms with Crippen molar-refractivity contribution in [2.75, 3.05) is 18.0 Å². The van der Waals surface area contributed by atoms with Gasteiger partial charge < -0.3 is 10.0 Å². The number of alkyl halides is 3. The molecule has 2 heterocycles. The number of aliphatic hydroxyl groups is 1. The first kappa shape index (κ1) is 20.3. The SMILES string of the molecule is OC(c1ccc(-c2ccc(C(F)(F)F)cc2)cc1)C1CCN(c2ncccn2)CC1. The standard InChI is InChI=1S/C23H22F3N3O/c24-23(25,26)20-8-6-17(7-9-20)16-2-4-18(5-3-16)21(30)19-10-14-29(15-11-19)22-27-12-1-13-28-22/h1-9,12-13,19,21,30H,10-11,14-15H2. The highest BCUT2D eigenvalue weighted by molar-refractivity contribution is 5.64. The lowest BCUT2D eigenvalue weighted by atomic mass is 9.87. The highest BCUT2D eigenvalue weighted by Crippen LogP contribution is 2.34. The average molecular weight is 413 g/mol. The molecule has 156 valence electrons. The average Bonchev–Trinajstić information content (AvgIpc) is 2.79. The van der Waals surface area contributed by atoms with Crippen LogP contribution in [0.15, 0.2) is 67.0 Å². The van der Waals surface area contributed by atoms with E-state index >= 15 is 0 Å². The zero-order chi connectivity index (χ0) is 21.1. The molecular weight excluding hydrogens is 391 g/mol. The largest absolute Gasteiger partial charge is 0.416 e. The zero-order valence-electron chi connectivity index (χ0n) is 16.3. The molecule has 30 heavy (non-hydrogen) atoms. The first-order valence-corrected chi connectivity index (χ1v) is 9.89. The fraction of sp³-hybridized carbons (Fsp3) is 0.304. The molecule has 1 atom stereocenters. The third-order valence-corrected chi connectivity index (χ3v) is 5.62. The van der Waals surface area contributed by atoms with E-state index in [0.717, 1.165) is 49.2 Å². The van der Waals surface area contributed by atoms with Gasteiger partial charge in [0.25, 0.3) is 0 Å². The highest BCUT2D eigenvalue weighted by Gasteiger charge is 2.30. The van der Waals surface area contributed by atoms with E-state index in [2.05, 4.69) is 14.9 Å². The number of anilines is 1. The van der Waals surface area contributed by atoms with E-state index in [1.54, 1.807) is 18.5 Å². The second-order valence-corrected chi connectivity index (χ2v) is 7.52. The highest BCUT2D eigenvalue weighted by atomic mass is 19.4. The molecule has 1 saturated heterocycles. The summed E-state index contributed by atoms with van der Waals surface area (Å²) in [4.78, 5) is 10.7. The predicted molar refractivity (Wildman–Crippen MR) is 109 cm³/mol. The third-order valence-electron chi connectivity index (χ3n) is 5.62. The summed E-state index contributed by atoms with van der Waals surface area (Å²) >= 11 is 0. The lowest BCUT2D eigenvalue weighted by Gasteiger charge is -2.34. The number of halogens is 3.